The van der Waals surface area contributed by atoms with Gasteiger partial charge in [0.25, 0.3) is 5.91 Å². The highest BCUT2D eigenvalue weighted by atomic mass is 19.1. The molecule has 64 heavy (non-hydrogen) atoms. The Morgan fingerprint density at radius 1 is 0.906 bits per heavy atom. The minimum Gasteiger partial charge on any atom is -0.477 e. The number of aryl methyl sites for hydroxylation is 2. The number of carbonyl (C=O) groups is 4. The van der Waals surface area contributed by atoms with Crippen LogP contribution in [0.4, 0.5) is 20.4 Å². The zero-order valence-electron chi connectivity index (χ0n) is 36.9. The summed E-state index contributed by atoms with van der Waals surface area (Å²) in [4.78, 5) is 67.6. The number of anilines is 2. The fourth-order valence-corrected chi connectivity index (χ4v) is 9.85. The molecule has 3 fully saturated rings. The Morgan fingerprint density at radius 3 is 2.42 bits per heavy atom. The lowest BCUT2D eigenvalue weighted by atomic mass is 9.89. The zero-order valence-corrected chi connectivity index (χ0v) is 36.9. The van der Waals surface area contributed by atoms with Crippen molar-refractivity contribution in [3.63, 3.8) is 0 Å². The number of hydrogen-bond donors (Lipinski definition) is 2. The number of aromatic nitrogens is 5. The van der Waals surface area contributed by atoms with Gasteiger partial charge in [0.1, 0.15) is 11.6 Å². The molecule has 3 saturated heterocycles. The van der Waals surface area contributed by atoms with Crippen LogP contribution in [-0.2, 0) is 33.5 Å². The first kappa shape index (κ1) is 43.0. The third kappa shape index (κ3) is 8.21. The van der Waals surface area contributed by atoms with Crippen LogP contribution < -0.4 is 20.3 Å². The average molecular weight is 877 g/mol. The van der Waals surface area contributed by atoms with E-state index in [2.05, 4.69) is 58.1 Å². The van der Waals surface area contributed by atoms with Gasteiger partial charge in [0.15, 0.2) is 0 Å². The van der Waals surface area contributed by atoms with Crippen molar-refractivity contribution >= 4 is 46.3 Å². The second-order valence-electron chi connectivity index (χ2n) is 18.3. The molecule has 0 saturated carbocycles. The molecule has 0 unspecified atom stereocenters. The highest BCUT2D eigenvalue weighted by Crippen LogP contribution is 2.37. The van der Waals surface area contributed by atoms with Crippen LogP contribution in [0.2, 0.25) is 0 Å². The monoisotopic (exact) mass is 876 g/mol. The predicted molar refractivity (Wildman–Crippen MR) is 236 cm³/mol. The number of hydrogen-bond acceptors (Lipinski definition) is 10. The summed E-state index contributed by atoms with van der Waals surface area (Å²) in [7, 11) is 1.83. The van der Waals surface area contributed by atoms with E-state index in [9.17, 15) is 19.2 Å². The first-order chi connectivity index (χ1) is 30.6. The molecule has 4 aliphatic heterocycles. The van der Waals surface area contributed by atoms with Crippen molar-refractivity contribution in [2.24, 2.45) is 18.9 Å². The Morgan fingerprint density at radius 2 is 1.67 bits per heavy atom. The number of rotatable bonds is 5. The minimum atomic E-state index is -1.07. The molecule has 9 rings (SSSR count). The van der Waals surface area contributed by atoms with Crippen molar-refractivity contribution in [3.8, 4) is 17.1 Å². The van der Waals surface area contributed by atoms with Gasteiger partial charge in [-0.1, -0.05) is 13.0 Å². The van der Waals surface area contributed by atoms with E-state index in [1.165, 1.54) is 12.1 Å². The van der Waals surface area contributed by atoms with E-state index in [0.717, 1.165) is 35.0 Å². The largest absolute Gasteiger partial charge is 0.477 e. The molecule has 0 radical (unpaired) electrons. The van der Waals surface area contributed by atoms with Crippen LogP contribution in [0.1, 0.15) is 86.0 Å². The van der Waals surface area contributed by atoms with Gasteiger partial charge in [0.05, 0.1) is 46.9 Å². The second-order valence-corrected chi connectivity index (χ2v) is 18.3. The predicted octanol–water partition coefficient (Wildman–Crippen LogP) is 5.91. The molecule has 2 bridgehead atoms. The molecule has 3 atom stereocenters. The molecule has 2 aromatic carbocycles. The number of halogens is 2. The molecule has 15 nitrogen and oxygen atoms in total. The minimum absolute atomic E-state index is 0.0186. The number of pyridine rings is 1. The van der Waals surface area contributed by atoms with Crippen LogP contribution in [-0.4, -0.2) is 104 Å². The molecular formula is C47H54F2N10O5. The molecule has 0 aliphatic carbocycles. The lowest BCUT2D eigenvalue weighted by Gasteiger charge is -2.44. The summed E-state index contributed by atoms with van der Waals surface area (Å²) < 4.78 is 40.8. The summed E-state index contributed by atoms with van der Waals surface area (Å²) in [5.74, 6) is -3.15. The van der Waals surface area contributed by atoms with E-state index >= 15 is 8.78 Å². The third-order valence-electron chi connectivity index (χ3n) is 13.6. The van der Waals surface area contributed by atoms with Gasteiger partial charge in [-0.15, -0.1) is 0 Å². The number of carbonyl (C=O) groups excluding carboxylic acids is 4. The number of imidazole rings is 1. The highest BCUT2D eigenvalue weighted by Gasteiger charge is 2.38. The standard InChI is InChI=1S/C47H54F2N10O5/c1-27-7-6-18-64-45-34(24-50-55(45)5)38-20-30(19-28(2)51-38)42(61)54-46-52-37-10-8-31(21-39(37)59(46)25-27)47(3,4)58-16-14-56(15-17-58)44(63)29-12-13-57(26-29)32-22-35(48)41(36(49)23-32)33-9-11-40(60)53-43(33)62/h8,10,19-24,27,29,33H,6-7,9,11-18,25-26H2,1-5H3,(H,52,54,61)(H,53,60,62)/t27-,29-,33-/m1/s1. The van der Waals surface area contributed by atoms with Crippen molar-refractivity contribution < 1.29 is 32.7 Å². The number of piperidine rings is 1. The molecule has 0 spiro atoms. The van der Waals surface area contributed by atoms with Crippen molar-refractivity contribution in [1.29, 1.82) is 0 Å². The van der Waals surface area contributed by atoms with E-state index in [1.54, 1.807) is 23.0 Å². The first-order valence-electron chi connectivity index (χ1n) is 22.2. The SMILES string of the molecule is Cc1cc2cc(n1)-c1cnn(C)c1OCCC[C@@H](C)Cn1c(nc3ccc(C(C)(C)N4CCN(C(=O)[C@@H]5CCN(c6cc(F)c([C@H]7CCC(=O)NC7=O)c(F)c6)C5)CC4)cc31)NC2=O. The molecule has 17 heteroatoms. The Labute approximate surface area is 370 Å². The first-order valence-corrected chi connectivity index (χ1v) is 22.2. The Bertz CT molecular complexity index is 2650. The zero-order chi connectivity index (χ0) is 45.0. The average Bonchev–Trinajstić information content (AvgIpc) is 3.99. The van der Waals surface area contributed by atoms with E-state index in [-0.39, 0.29) is 42.1 Å². The van der Waals surface area contributed by atoms with Crippen molar-refractivity contribution in [3.05, 3.63) is 82.7 Å². The van der Waals surface area contributed by atoms with Crippen LogP contribution in [0.25, 0.3) is 22.3 Å². The van der Waals surface area contributed by atoms with Gasteiger partial charge in [-0.3, -0.25) is 39.7 Å². The van der Waals surface area contributed by atoms with Gasteiger partial charge in [-0.25, -0.2) is 18.4 Å². The number of benzene rings is 2. The van der Waals surface area contributed by atoms with Crippen LogP contribution >= 0.6 is 0 Å². The van der Waals surface area contributed by atoms with Gasteiger partial charge in [-0.05, 0) is 94.3 Å². The molecule has 336 valence electrons. The molecule has 4 aliphatic rings. The summed E-state index contributed by atoms with van der Waals surface area (Å²) in [5.41, 5.74) is 4.84. The smallest absolute Gasteiger partial charge is 0.258 e. The maximum absolute atomic E-state index is 15.3. The summed E-state index contributed by atoms with van der Waals surface area (Å²) in [5, 5.41) is 9.70. The fourth-order valence-electron chi connectivity index (χ4n) is 9.85. The van der Waals surface area contributed by atoms with Gasteiger partial charge < -0.3 is 19.1 Å². The molecular weight excluding hydrogens is 823 g/mol. The van der Waals surface area contributed by atoms with E-state index in [1.807, 2.05) is 29.8 Å². The quantitative estimate of drug-likeness (QED) is 0.204. The number of amides is 4. The second kappa shape index (κ2) is 17.0. The van der Waals surface area contributed by atoms with E-state index in [0.29, 0.717) is 93.3 Å². The van der Waals surface area contributed by atoms with Crippen LogP contribution in [0.15, 0.2) is 48.7 Å². The van der Waals surface area contributed by atoms with Gasteiger partial charge in [-0.2, -0.15) is 5.10 Å². The highest BCUT2D eigenvalue weighted by molar-refractivity contribution is 6.05. The van der Waals surface area contributed by atoms with Crippen LogP contribution in [0.5, 0.6) is 5.88 Å². The number of ether oxygens (including phenoxy) is 1. The number of piperazine rings is 1. The van der Waals surface area contributed by atoms with Gasteiger partial charge in [0.2, 0.25) is 29.5 Å². The molecule has 4 amide bonds. The number of fused-ring (bicyclic) bond motifs is 7. The molecule has 5 aromatic rings. The van der Waals surface area contributed by atoms with E-state index in [4.69, 9.17) is 14.7 Å². The van der Waals surface area contributed by atoms with Crippen LogP contribution in [0.3, 0.4) is 0 Å². The molecule has 2 N–H and O–H groups in total. The van der Waals surface area contributed by atoms with Crippen molar-refractivity contribution in [2.45, 2.75) is 77.8 Å². The van der Waals surface area contributed by atoms with Crippen LogP contribution in [0, 0.1) is 30.4 Å². The fraction of sp³-hybridized carbons (Fsp3) is 0.468. The maximum atomic E-state index is 15.3. The number of imide groups is 1. The van der Waals surface area contributed by atoms with Crippen molar-refractivity contribution in [1.82, 2.24) is 39.4 Å². The molecule has 3 aromatic heterocycles. The Balaban J connectivity index is 0.884. The number of nitrogens with one attached hydrogen (secondary N) is 2. The third-order valence-corrected chi connectivity index (χ3v) is 13.6. The topological polar surface area (TPSA) is 160 Å². The van der Waals surface area contributed by atoms with Gasteiger partial charge >= 0.3 is 0 Å². The lowest BCUT2D eigenvalue weighted by Crippen LogP contribution is -2.55. The Kier molecular flexibility index (Phi) is 11.5. The molecule has 7 heterocycles. The van der Waals surface area contributed by atoms with Crippen molar-refractivity contribution in [2.75, 3.05) is 56.1 Å². The summed E-state index contributed by atoms with van der Waals surface area (Å²) in [6.07, 6.45) is 4.04. The summed E-state index contributed by atoms with van der Waals surface area (Å²) >= 11 is 0. The summed E-state index contributed by atoms with van der Waals surface area (Å²) in [6.45, 7) is 12.7. The maximum Gasteiger partial charge on any atom is 0.258 e. The van der Waals surface area contributed by atoms with Gasteiger partial charge in [0, 0.05) is 87.3 Å². The lowest BCUT2D eigenvalue weighted by molar-refractivity contribution is -0.137. The van der Waals surface area contributed by atoms with E-state index < -0.39 is 34.9 Å². The Hall–Kier alpha value is -6.23. The number of nitrogens with zero attached hydrogens (tertiary/aromatic N) is 8. The normalized spacial score (nSPS) is 21.4. The summed E-state index contributed by atoms with van der Waals surface area (Å²) in [6, 6.07) is 12.3.